The van der Waals surface area contributed by atoms with Crippen LogP contribution in [0.3, 0.4) is 0 Å². The third-order valence-corrected chi connectivity index (χ3v) is 4.25. The quantitative estimate of drug-likeness (QED) is 0.667. The number of ether oxygens (including phenoxy) is 1. The molecule has 1 unspecified atom stereocenters. The molecule has 0 saturated carbocycles. The highest BCUT2D eigenvalue weighted by Crippen LogP contribution is 2.19. The van der Waals surface area contributed by atoms with Gasteiger partial charge in [0.1, 0.15) is 5.75 Å². The van der Waals surface area contributed by atoms with E-state index >= 15 is 0 Å². The number of halogens is 1. The van der Waals surface area contributed by atoms with Crippen LogP contribution in [0.4, 0.5) is 5.69 Å². The van der Waals surface area contributed by atoms with Gasteiger partial charge in [-0.25, -0.2) is 0 Å². The second kappa shape index (κ2) is 9.97. The average molecular weight is 419 g/mol. The number of carbonyl (C=O) groups is 2. The van der Waals surface area contributed by atoms with Gasteiger partial charge in [-0.2, -0.15) is 0 Å². The molecule has 0 aliphatic rings. The summed E-state index contributed by atoms with van der Waals surface area (Å²) in [6, 6.07) is 14.3. The zero-order valence-corrected chi connectivity index (χ0v) is 16.5. The lowest BCUT2D eigenvalue weighted by Gasteiger charge is -2.15. The second-order valence-electron chi connectivity index (χ2n) is 6.00. The Kier molecular flexibility index (Phi) is 7.66. The Morgan fingerprint density at radius 1 is 1.12 bits per heavy atom. The minimum absolute atomic E-state index is 0.0845. The highest BCUT2D eigenvalue weighted by Gasteiger charge is 2.15. The number of anilines is 1. The number of hydrogen-bond donors (Lipinski definition) is 2. The summed E-state index contributed by atoms with van der Waals surface area (Å²) in [6.07, 6.45) is 1.90. The van der Waals surface area contributed by atoms with Crippen LogP contribution in [0.2, 0.25) is 0 Å². The molecule has 0 fully saturated rings. The van der Waals surface area contributed by atoms with Gasteiger partial charge in [0, 0.05) is 16.2 Å². The zero-order chi connectivity index (χ0) is 18.9. The molecule has 0 heterocycles. The van der Waals surface area contributed by atoms with Crippen molar-refractivity contribution in [2.45, 2.75) is 32.7 Å². The van der Waals surface area contributed by atoms with Gasteiger partial charge in [-0.15, -0.1) is 0 Å². The molecule has 138 valence electrons. The minimum Gasteiger partial charge on any atom is -0.483 e. The van der Waals surface area contributed by atoms with Gasteiger partial charge in [-0.3, -0.25) is 9.59 Å². The summed E-state index contributed by atoms with van der Waals surface area (Å²) < 4.78 is 6.51. The normalized spacial score (nSPS) is 11.5. The third kappa shape index (κ3) is 6.19. The summed E-state index contributed by atoms with van der Waals surface area (Å²) in [5.74, 6) is -0.101. The fraction of sp³-hybridized carbons (Fsp3) is 0.300. The highest BCUT2D eigenvalue weighted by atomic mass is 79.9. The lowest BCUT2D eigenvalue weighted by Crippen LogP contribution is -2.32. The van der Waals surface area contributed by atoms with E-state index in [9.17, 15) is 9.59 Å². The van der Waals surface area contributed by atoms with Gasteiger partial charge in [0.05, 0.1) is 5.56 Å². The number of amides is 2. The lowest BCUT2D eigenvalue weighted by atomic mass is 10.1. The van der Waals surface area contributed by atoms with Crippen LogP contribution < -0.4 is 15.4 Å². The smallest absolute Gasteiger partial charge is 0.262 e. The molecule has 2 rings (SSSR count). The first kappa shape index (κ1) is 20.0. The van der Waals surface area contributed by atoms with E-state index in [1.807, 2.05) is 19.1 Å². The highest BCUT2D eigenvalue weighted by molar-refractivity contribution is 9.10. The van der Waals surface area contributed by atoms with Crippen LogP contribution >= 0.6 is 15.9 Å². The molecular formula is C20H23BrN2O3. The molecule has 0 bridgehead atoms. The molecule has 2 aromatic carbocycles. The molecule has 2 amide bonds. The number of nitrogens with one attached hydrogen (secondary N) is 2. The van der Waals surface area contributed by atoms with E-state index in [1.54, 1.807) is 36.4 Å². The van der Waals surface area contributed by atoms with E-state index < -0.39 is 0 Å². The molecule has 26 heavy (non-hydrogen) atoms. The van der Waals surface area contributed by atoms with E-state index in [1.165, 1.54) is 0 Å². The van der Waals surface area contributed by atoms with Gasteiger partial charge >= 0.3 is 0 Å². The average Bonchev–Trinajstić information content (AvgIpc) is 2.62. The first-order valence-electron chi connectivity index (χ1n) is 8.57. The van der Waals surface area contributed by atoms with Crippen molar-refractivity contribution in [2.24, 2.45) is 0 Å². The Labute approximate surface area is 162 Å². The lowest BCUT2D eigenvalue weighted by molar-refractivity contribution is -0.118. The van der Waals surface area contributed by atoms with E-state index in [2.05, 4.69) is 33.5 Å². The van der Waals surface area contributed by atoms with E-state index in [4.69, 9.17) is 4.74 Å². The van der Waals surface area contributed by atoms with Crippen LogP contribution in [0.1, 0.15) is 37.0 Å². The molecule has 6 heteroatoms. The summed E-state index contributed by atoms with van der Waals surface area (Å²) in [6.45, 7) is 3.87. The maximum Gasteiger partial charge on any atom is 0.262 e. The fourth-order valence-electron chi connectivity index (χ4n) is 2.46. The molecule has 2 N–H and O–H groups in total. The summed E-state index contributed by atoms with van der Waals surface area (Å²) in [4.78, 5) is 24.5. The number of rotatable bonds is 8. The van der Waals surface area contributed by atoms with Crippen molar-refractivity contribution in [3.05, 3.63) is 58.6 Å². The van der Waals surface area contributed by atoms with Crippen LogP contribution in [0, 0.1) is 0 Å². The van der Waals surface area contributed by atoms with Gasteiger partial charge in [-0.05, 0) is 49.7 Å². The van der Waals surface area contributed by atoms with Gasteiger partial charge in [0.15, 0.2) is 6.61 Å². The summed E-state index contributed by atoms with van der Waals surface area (Å²) in [5.41, 5.74) is 1.10. The minimum atomic E-state index is -0.290. The van der Waals surface area contributed by atoms with Gasteiger partial charge < -0.3 is 15.4 Å². The van der Waals surface area contributed by atoms with Gasteiger partial charge in [0.2, 0.25) is 0 Å². The monoisotopic (exact) mass is 418 g/mol. The van der Waals surface area contributed by atoms with Crippen LogP contribution in [0.5, 0.6) is 5.75 Å². The van der Waals surface area contributed by atoms with Crippen molar-refractivity contribution in [1.82, 2.24) is 5.32 Å². The van der Waals surface area contributed by atoms with Crippen molar-refractivity contribution < 1.29 is 14.3 Å². The summed E-state index contributed by atoms with van der Waals surface area (Å²) in [5, 5.41) is 5.70. The first-order chi connectivity index (χ1) is 12.5. The molecule has 0 radical (unpaired) electrons. The Morgan fingerprint density at radius 3 is 2.50 bits per heavy atom. The molecule has 0 aromatic heterocycles. The predicted octanol–water partition coefficient (Wildman–Crippen LogP) is 4.39. The number of benzene rings is 2. The number of hydrogen-bond acceptors (Lipinski definition) is 3. The maximum absolute atomic E-state index is 12.4. The van der Waals surface area contributed by atoms with Crippen LogP contribution in [0.25, 0.3) is 0 Å². The standard InChI is InChI=1S/C20H23BrN2O3/c1-3-6-14(2)22-20(25)17-7-4-5-8-18(17)26-13-19(24)23-16-11-9-15(21)10-12-16/h4-5,7-12,14H,3,6,13H2,1-2H3,(H,22,25)(H,23,24). The van der Waals surface area contributed by atoms with Crippen molar-refractivity contribution >= 4 is 33.4 Å². The topological polar surface area (TPSA) is 67.4 Å². The molecule has 2 aromatic rings. The second-order valence-corrected chi connectivity index (χ2v) is 6.92. The molecule has 0 aliphatic carbocycles. The van der Waals surface area contributed by atoms with E-state index in [-0.39, 0.29) is 24.5 Å². The SMILES string of the molecule is CCCC(C)NC(=O)c1ccccc1OCC(=O)Nc1ccc(Br)cc1. The largest absolute Gasteiger partial charge is 0.483 e. The molecule has 5 nitrogen and oxygen atoms in total. The molecule has 0 spiro atoms. The Morgan fingerprint density at radius 2 is 1.81 bits per heavy atom. The Hall–Kier alpha value is -2.34. The van der Waals surface area contributed by atoms with Crippen molar-refractivity contribution in [1.29, 1.82) is 0 Å². The van der Waals surface area contributed by atoms with E-state index in [0.717, 1.165) is 17.3 Å². The first-order valence-corrected chi connectivity index (χ1v) is 9.37. The van der Waals surface area contributed by atoms with Crippen LogP contribution in [-0.4, -0.2) is 24.5 Å². The Bertz CT molecular complexity index is 747. The zero-order valence-electron chi connectivity index (χ0n) is 14.9. The molecule has 0 saturated heterocycles. The van der Waals surface area contributed by atoms with Gasteiger partial charge in [0.25, 0.3) is 11.8 Å². The fourth-order valence-corrected chi connectivity index (χ4v) is 2.72. The Balaban J connectivity index is 1.95. The molecule has 0 aliphatic heterocycles. The summed E-state index contributed by atoms with van der Waals surface area (Å²) in [7, 11) is 0. The molecule has 1 atom stereocenters. The van der Waals surface area contributed by atoms with Crippen molar-refractivity contribution in [2.75, 3.05) is 11.9 Å². The summed E-state index contributed by atoms with van der Waals surface area (Å²) >= 11 is 3.35. The van der Waals surface area contributed by atoms with E-state index in [0.29, 0.717) is 17.0 Å². The van der Waals surface area contributed by atoms with Crippen LogP contribution in [-0.2, 0) is 4.79 Å². The predicted molar refractivity (Wildman–Crippen MR) is 107 cm³/mol. The van der Waals surface area contributed by atoms with Crippen LogP contribution in [0.15, 0.2) is 53.0 Å². The van der Waals surface area contributed by atoms with Crippen molar-refractivity contribution in [3.8, 4) is 5.75 Å². The number of para-hydroxylation sites is 1. The number of carbonyl (C=O) groups excluding carboxylic acids is 2. The van der Waals surface area contributed by atoms with Gasteiger partial charge in [-0.1, -0.05) is 41.4 Å². The third-order valence-electron chi connectivity index (χ3n) is 3.72. The maximum atomic E-state index is 12.4. The molecular weight excluding hydrogens is 396 g/mol. The van der Waals surface area contributed by atoms with Crippen molar-refractivity contribution in [3.63, 3.8) is 0 Å².